The Morgan fingerprint density at radius 2 is 1.83 bits per heavy atom. The van der Waals surface area contributed by atoms with Gasteiger partial charge < -0.3 is 0 Å². The summed E-state index contributed by atoms with van der Waals surface area (Å²) < 4.78 is 13.1. The first-order valence-electron chi connectivity index (χ1n) is 6.31. The van der Waals surface area contributed by atoms with Crippen LogP contribution in [0.1, 0.15) is 32.4 Å². The fraction of sp³-hybridized carbons (Fsp3) is 0.250. The third kappa shape index (κ3) is 2.76. The van der Waals surface area contributed by atoms with Gasteiger partial charge in [0.15, 0.2) is 0 Å². The average molecular weight is 242 g/mol. The van der Waals surface area contributed by atoms with Gasteiger partial charge in [-0.1, -0.05) is 32.0 Å². The van der Waals surface area contributed by atoms with Crippen LogP contribution in [0.15, 0.2) is 42.6 Å². The summed E-state index contributed by atoms with van der Waals surface area (Å²) in [7, 11) is 0. The van der Waals surface area contributed by atoms with Gasteiger partial charge in [-0.25, -0.2) is 4.39 Å². The van der Waals surface area contributed by atoms with Gasteiger partial charge in [0.1, 0.15) is 5.82 Å². The Morgan fingerprint density at radius 3 is 2.39 bits per heavy atom. The second-order valence-electron chi connectivity index (χ2n) is 4.25. The summed E-state index contributed by atoms with van der Waals surface area (Å²) in [4.78, 5) is 4.47. The van der Waals surface area contributed by atoms with Gasteiger partial charge in [0.05, 0.1) is 0 Å². The van der Waals surface area contributed by atoms with Crippen molar-refractivity contribution in [2.45, 2.75) is 26.7 Å². The van der Waals surface area contributed by atoms with E-state index in [2.05, 4.69) is 18.8 Å². The number of hydrogen-bond acceptors (Lipinski definition) is 1. The molecule has 1 heterocycles. The lowest BCUT2D eigenvalue weighted by molar-refractivity contribution is 0.628. The highest BCUT2D eigenvalue weighted by Crippen LogP contribution is 2.23. The minimum atomic E-state index is -0.217. The molecule has 0 aliphatic rings. The maximum atomic E-state index is 13.1. The minimum Gasteiger partial charge on any atom is -0.260 e. The van der Waals surface area contributed by atoms with Gasteiger partial charge in [0.25, 0.3) is 0 Å². The first kappa shape index (κ1) is 12.7. The molecule has 1 radical (unpaired) electrons. The highest BCUT2D eigenvalue weighted by molar-refractivity contribution is 5.62. The molecule has 0 aliphatic heterocycles. The highest BCUT2D eigenvalue weighted by atomic mass is 19.1. The zero-order chi connectivity index (χ0) is 13.0. The van der Waals surface area contributed by atoms with Crippen molar-refractivity contribution in [1.82, 2.24) is 4.98 Å². The zero-order valence-electron chi connectivity index (χ0n) is 10.8. The van der Waals surface area contributed by atoms with Crippen LogP contribution in [0.2, 0.25) is 0 Å². The van der Waals surface area contributed by atoms with Crippen molar-refractivity contribution >= 4 is 0 Å². The van der Waals surface area contributed by atoms with Crippen molar-refractivity contribution in [3.8, 4) is 11.1 Å². The Labute approximate surface area is 108 Å². The second kappa shape index (κ2) is 5.76. The standard InChI is InChI=1S/C16H17FN/c1-3-12(4-2)16-9-8-14(11-18-16)13-6-5-7-15(17)10-13/h5-11H,3-4H2,1-2H3. The van der Waals surface area contributed by atoms with E-state index in [4.69, 9.17) is 0 Å². The first-order chi connectivity index (χ1) is 8.74. The van der Waals surface area contributed by atoms with Crippen molar-refractivity contribution in [3.05, 3.63) is 60.0 Å². The van der Waals surface area contributed by atoms with Crippen molar-refractivity contribution in [2.24, 2.45) is 0 Å². The second-order valence-corrected chi connectivity index (χ2v) is 4.25. The molecule has 1 nitrogen and oxygen atoms in total. The molecule has 1 aromatic heterocycles. The lowest BCUT2D eigenvalue weighted by Crippen LogP contribution is -1.99. The Balaban J connectivity index is 2.27. The fourth-order valence-corrected chi connectivity index (χ4v) is 2.05. The third-order valence-corrected chi connectivity index (χ3v) is 3.14. The van der Waals surface area contributed by atoms with Crippen LogP contribution in [0.3, 0.4) is 0 Å². The van der Waals surface area contributed by atoms with Gasteiger partial charge in [-0.2, -0.15) is 0 Å². The number of nitrogens with zero attached hydrogens (tertiary/aromatic N) is 1. The molecule has 1 aromatic carbocycles. The summed E-state index contributed by atoms with van der Waals surface area (Å²) in [6.07, 6.45) is 3.85. The maximum absolute atomic E-state index is 13.1. The van der Waals surface area contributed by atoms with E-state index in [1.165, 1.54) is 18.1 Å². The predicted molar refractivity (Wildman–Crippen MR) is 72.6 cm³/mol. The Morgan fingerprint density at radius 1 is 1.06 bits per heavy atom. The number of benzene rings is 1. The fourth-order valence-electron chi connectivity index (χ4n) is 2.05. The molecule has 0 saturated carbocycles. The SMILES string of the molecule is CC[C](CC)c1ccc(-c2cccc(F)c2)cn1. The van der Waals surface area contributed by atoms with E-state index in [1.54, 1.807) is 6.07 Å². The molecule has 0 spiro atoms. The van der Waals surface area contributed by atoms with Crippen LogP contribution < -0.4 is 0 Å². The molecule has 0 N–H and O–H groups in total. The molecule has 0 saturated heterocycles. The molecule has 2 rings (SSSR count). The van der Waals surface area contributed by atoms with E-state index in [-0.39, 0.29) is 5.82 Å². The van der Waals surface area contributed by atoms with Crippen LogP contribution >= 0.6 is 0 Å². The molecule has 2 heteroatoms. The zero-order valence-corrected chi connectivity index (χ0v) is 10.8. The van der Waals surface area contributed by atoms with Crippen LogP contribution in [0.4, 0.5) is 4.39 Å². The summed E-state index contributed by atoms with van der Waals surface area (Å²) in [5.74, 6) is 1.13. The van der Waals surface area contributed by atoms with E-state index in [0.29, 0.717) is 0 Å². The maximum Gasteiger partial charge on any atom is 0.123 e. The summed E-state index contributed by atoms with van der Waals surface area (Å²) in [6.45, 7) is 4.28. The van der Waals surface area contributed by atoms with Crippen LogP contribution in [-0.4, -0.2) is 4.98 Å². The van der Waals surface area contributed by atoms with Gasteiger partial charge >= 0.3 is 0 Å². The Kier molecular flexibility index (Phi) is 4.08. The van der Waals surface area contributed by atoms with E-state index >= 15 is 0 Å². The molecule has 93 valence electrons. The average Bonchev–Trinajstić information content (AvgIpc) is 2.41. The van der Waals surface area contributed by atoms with Crippen molar-refractivity contribution in [2.75, 3.05) is 0 Å². The molecule has 0 bridgehead atoms. The largest absolute Gasteiger partial charge is 0.260 e. The van der Waals surface area contributed by atoms with Crippen LogP contribution in [-0.2, 0) is 0 Å². The van der Waals surface area contributed by atoms with Crippen molar-refractivity contribution in [3.63, 3.8) is 0 Å². The molecule has 0 atom stereocenters. The summed E-state index contributed by atoms with van der Waals surface area (Å²) in [6, 6.07) is 10.6. The molecule has 2 aromatic rings. The third-order valence-electron chi connectivity index (χ3n) is 3.14. The lowest BCUT2D eigenvalue weighted by Gasteiger charge is -2.11. The molecule has 0 amide bonds. The van der Waals surface area contributed by atoms with E-state index in [0.717, 1.165) is 29.7 Å². The van der Waals surface area contributed by atoms with Gasteiger partial charge in [-0.05, 0) is 36.6 Å². The minimum absolute atomic E-state index is 0.217. The quantitative estimate of drug-likeness (QED) is 0.761. The van der Waals surface area contributed by atoms with Gasteiger partial charge in [-0.3, -0.25) is 4.98 Å². The van der Waals surface area contributed by atoms with Crippen LogP contribution in [0.25, 0.3) is 11.1 Å². The predicted octanol–water partition coefficient (Wildman–Crippen LogP) is 4.63. The molecular weight excluding hydrogens is 225 g/mol. The normalized spacial score (nSPS) is 10.9. The number of pyridine rings is 1. The Bertz CT molecular complexity index is 501. The van der Waals surface area contributed by atoms with E-state index < -0.39 is 0 Å². The Hall–Kier alpha value is -1.70. The van der Waals surface area contributed by atoms with E-state index in [1.807, 2.05) is 24.4 Å². The monoisotopic (exact) mass is 242 g/mol. The smallest absolute Gasteiger partial charge is 0.123 e. The number of halogens is 1. The molecule has 18 heavy (non-hydrogen) atoms. The van der Waals surface area contributed by atoms with Gasteiger partial charge in [0, 0.05) is 23.4 Å². The highest BCUT2D eigenvalue weighted by Gasteiger charge is 2.09. The molecular formula is C16H17FN. The van der Waals surface area contributed by atoms with Crippen molar-refractivity contribution in [1.29, 1.82) is 0 Å². The van der Waals surface area contributed by atoms with E-state index in [9.17, 15) is 4.39 Å². The molecule has 0 fully saturated rings. The van der Waals surface area contributed by atoms with Crippen molar-refractivity contribution < 1.29 is 4.39 Å². The van der Waals surface area contributed by atoms with Gasteiger partial charge in [-0.15, -0.1) is 0 Å². The molecule has 0 unspecified atom stereocenters. The summed E-state index contributed by atoms with van der Waals surface area (Å²) >= 11 is 0. The number of hydrogen-bond donors (Lipinski definition) is 0. The first-order valence-corrected chi connectivity index (χ1v) is 6.31. The molecule has 0 aliphatic carbocycles. The lowest BCUT2D eigenvalue weighted by atomic mass is 9.98. The van der Waals surface area contributed by atoms with Crippen LogP contribution in [0.5, 0.6) is 0 Å². The summed E-state index contributed by atoms with van der Waals surface area (Å²) in [5, 5.41) is 0. The summed E-state index contributed by atoms with van der Waals surface area (Å²) in [5.41, 5.74) is 2.86. The topological polar surface area (TPSA) is 12.9 Å². The van der Waals surface area contributed by atoms with Crippen LogP contribution in [0, 0.1) is 11.7 Å². The number of rotatable bonds is 4. The number of aromatic nitrogens is 1. The van der Waals surface area contributed by atoms with Gasteiger partial charge in [0.2, 0.25) is 0 Å².